The monoisotopic (exact) mass is 358 g/mol. The molecule has 22 heavy (non-hydrogen) atoms. The largest absolute Gasteiger partial charge is 0.384 e. The average molecular weight is 359 g/mol. The van der Waals surface area contributed by atoms with Gasteiger partial charge in [0.1, 0.15) is 5.60 Å². The molecule has 0 spiro atoms. The lowest BCUT2D eigenvalue weighted by atomic mass is 9.98. The quantitative estimate of drug-likeness (QED) is 0.883. The minimum Gasteiger partial charge on any atom is -0.384 e. The molecule has 6 heteroatoms. The van der Waals surface area contributed by atoms with Gasteiger partial charge in [0.2, 0.25) is 0 Å². The Morgan fingerprint density at radius 1 is 1.05 bits per heavy atom. The van der Waals surface area contributed by atoms with Crippen LogP contribution in [-0.4, -0.2) is 19.3 Å². The molecule has 1 N–H and O–H groups in total. The van der Waals surface area contributed by atoms with Crippen molar-refractivity contribution in [3.05, 3.63) is 69.7 Å². The molecule has 3 nitrogen and oxygen atoms in total. The molecule has 0 fully saturated rings. The van der Waals surface area contributed by atoms with Gasteiger partial charge in [-0.1, -0.05) is 53.5 Å². The summed E-state index contributed by atoms with van der Waals surface area (Å²) in [6, 6.07) is 13.3. The van der Waals surface area contributed by atoms with Crippen LogP contribution in [0, 0.1) is 0 Å². The lowest BCUT2D eigenvalue weighted by Gasteiger charge is -2.24. The van der Waals surface area contributed by atoms with E-state index in [0.717, 1.165) is 0 Å². The maximum absolute atomic E-state index is 12.3. The maximum atomic E-state index is 12.3. The standard InChI is InChI=1S/C16H16Cl2O3S/c1-16(19,14-4-2-3-5-15(14)18)11-22(20,21)10-12-6-8-13(17)9-7-12/h2-9,19H,10-11H2,1H3/t16-/m1/s1. The number of benzene rings is 2. The van der Waals surface area contributed by atoms with Gasteiger partial charge in [0.25, 0.3) is 0 Å². The summed E-state index contributed by atoms with van der Waals surface area (Å²) in [6.45, 7) is 1.45. The summed E-state index contributed by atoms with van der Waals surface area (Å²) >= 11 is 11.8. The highest BCUT2D eigenvalue weighted by Crippen LogP contribution is 2.29. The minimum atomic E-state index is -3.52. The van der Waals surface area contributed by atoms with E-state index in [4.69, 9.17) is 23.2 Å². The summed E-state index contributed by atoms with van der Waals surface area (Å²) in [5, 5.41) is 11.4. The van der Waals surface area contributed by atoms with Gasteiger partial charge in [-0.2, -0.15) is 0 Å². The zero-order valence-corrected chi connectivity index (χ0v) is 14.3. The molecule has 0 aliphatic heterocycles. The van der Waals surface area contributed by atoms with Crippen molar-refractivity contribution >= 4 is 33.0 Å². The lowest BCUT2D eigenvalue weighted by Crippen LogP contribution is -2.32. The molecular weight excluding hydrogens is 343 g/mol. The van der Waals surface area contributed by atoms with Gasteiger partial charge in [-0.05, 0) is 30.7 Å². The van der Waals surface area contributed by atoms with E-state index in [0.29, 0.717) is 21.2 Å². The predicted octanol–water partition coefficient (Wildman–Crippen LogP) is 3.82. The number of rotatable bonds is 5. The van der Waals surface area contributed by atoms with E-state index in [1.807, 2.05) is 0 Å². The van der Waals surface area contributed by atoms with Crippen LogP contribution in [0.2, 0.25) is 10.0 Å². The van der Waals surface area contributed by atoms with Crippen molar-refractivity contribution in [1.29, 1.82) is 0 Å². The van der Waals surface area contributed by atoms with Crippen molar-refractivity contribution in [1.82, 2.24) is 0 Å². The summed E-state index contributed by atoms with van der Waals surface area (Å²) in [4.78, 5) is 0. The highest BCUT2D eigenvalue weighted by atomic mass is 35.5. The van der Waals surface area contributed by atoms with E-state index in [9.17, 15) is 13.5 Å². The Balaban J connectivity index is 2.20. The Bertz CT molecular complexity index is 753. The number of aliphatic hydroxyl groups is 1. The fourth-order valence-electron chi connectivity index (χ4n) is 2.29. The first-order chi connectivity index (χ1) is 10.2. The summed E-state index contributed by atoms with van der Waals surface area (Å²) in [7, 11) is -3.52. The van der Waals surface area contributed by atoms with Crippen LogP contribution in [0.25, 0.3) is 0 Å². The van der Waals surface area contributed by atoms with Crippen molar-refractivity contribution in [2.45, 2.75) is 18.3 Å². The fraction of sp³-hybridized carbons (Fsp3) is 0.250. The Morgan fingerprint density at radius 2 is 1.64 bits per heavy atom. The second-order valence-electron chi connectivity index (χ2n) is 5.41. The normalized spacial score (nSPS) is 14.5. The van der Waals surface area contributed by atoms with Crippen molar-refractivity contribution in [2.75, 3.05) is 5.75 Å². The molecule has 0 aliphatic rings. The first kappa shape index (κ1) is 17.3. The van der Waals surface area contributed by atoms with E-state index in [2.05, 4.69) is 0 Å². The smallest absolute Gasteiger partial charge is 0.157 e. The number of hydrogen-bond donors (Lipinski definition) is 1. The summed E-state index contributed by atoms with van der Waals surface area (Å²) < 4.78 is 24.7. The number of halogens is 2. The van der Waals surface area contributed by atoms with Crippen LogP contribution in [0.4, 0.5) is 0 Å². The van der Waals surface area contributed by atoms with Crippen LogP contribution in [0.15, 0.2) is 48.5 Å². The van der Waals surface area contributed by atoms with E-state index >= 15 is 0 Å². The van der Waals surface area contributed by atoms with Gasteiger partial charge in [0.05, 0.1) is 11.5 Å². The topological polar surface area (TPSA) is 54.4 Å². The van der Waals surface area contributed by atoms with Gasteiger partial charge in [-0.3, -0.25) is 0 Å². The van der Waals surface area contributed by atoms with Gasteiger partial charge >= 0.3 is 0 Å². The first-order valence-electron chi connectivity index (χ1n) is 6.62. The number of sulfone groups is 1. The second-order valence-corrected chi connectivity index (χ2v) is 8.32. The Morgan fingerprint density at radius 3 is 2.23 bits per heavy atom. The molecule has 0 unspecified atom stereocenters. The van der Waals surface area contributed by atoms with E-state index in [-0.39, 0.29) is 5.75 Å². The molecular formula is C16H16Cl2O3S. The molecule has 2 rings (SSSR count). The molecule has 0 saturated carbocycles. The van der Waals surface area contributed by atoms with Gasteiger partial charge in [-0.15, -0.1) is 0 Å². The zero-order valence-electron chi connectivity index (χ0n) is 12.0. The van der Waals surface area contributed by atoms with E-state index < -0.39 is 21.2 Å². The Labute approximate surface area is 140 Å². The average Bonchev–Trinajstić information content (AvgIpc) is 2.40. The van der Waals surface area contributed by atoms with Crippen molar-refractivity contribution in [3.63, 3.8) is 0 Å². The second kappa shape index (κ2) is 6.59. The first-order valence-corrected chi connectivity index (χ1v) is 9.20. The third-order valence-corrected chi connectivity index (χ3v) is 5.61. The van der Waals surface area contributed by atoms with Crippen LogP contribution in [0.5, 0.6) is 0 Å². The van der Waals surface area contributed by atoms with Crippen LogP contribution < -0.4 is 0 Å². The van der Waals surface area contributed by atoms with Crippen LogP contribution in [-0.2, 0) is 21.2 Å². The highest BCUT2D eigenvalue weighted by molar-refractivity contribution is 7.90. The third kappa shape index (κ3) is 4.46. The molecule has 1 atom stereocenters. The molecule has 118 valence electrons. The molecule has 0 heterocycles. The van der Waals surface area contributed by atoms with E-state index in [1.165, 1.54) is 6.92 Å². The Kier molecular flexibility index (Phi) is 5.17. The lowest BCUT2D eigenvalue weighted by molar-refractivity contribution is 0.0820. The molecule has 0 aliphatic carbocycles. The summed E-state index contributed by atoms with van der Waals surface area (Å²) in [6.07, 6.45) is 0. The maximum Gasteiger partial charge on any atom is 0.157 e. The molecule has 0 bridgehead atoms. The van der Waals surface area contributed by atoms with Crippen LogP contribution >= 0.6 is 23.2 Å². The van der Waals surface area contributed by atoms with Crippen LogP contribution in [0.3, 0.4) is 0 Å². The van der Waals surface area contributed by atoms with Gasteiger partial charge in [0.15, 0.2) is 9.84 Å². The van der Waals surface area contributed by atoms with Gasteiger partial charge in [0, 0.05) is 15.6 Å². The summed E-state index contributed by atoms with van der Waals surface area (Å²) in [5.74, 6) is -0.572. The zero-order chi connectivity index (χ0) is 16.4. The molecule has 2 aromatic carbocycles. The van der Waals surface area contributed by atoms with Gasteiger partial charge in [-0.25, -0.2) is 8.42 Å². The van der Waals surface area contributed by atoms with Crippen LogP contribution in [0.1, 0.15) is 18.1 Å². The molecule has 2 aromatic rings. The molecule has 0 amide bonds. The SMILES string of the molecule is C[C@@](O)(CS(=O)(=O)Cc1ccc(Cl)cc1)c1ccccc1Cl. The van der Waals surface area contributed by atoms with Gasteiger partial charge < -0.3 is 5.11 Å². The predicted molar refractivity (Wildman–Crippen MR) is 90.0 cm³/mol. The molecule has 0 saturated heterocycles. The molecule has 0 radical (unpaired) electrons. The molecule has 0 aromatic heterocycles. The Hall–Kier alpha value is -1.07. The van der Waals surface area contributed by atoms with Crippen molar-refractivity contribution in [3.8, 4) is 0 Å². The summed E-state index contributed by atoms with van der Waals surface area (Å²) in [5.41, 5.74) is -0.528. The number of hydrogen-bond acceptors (Lipinski definition) is 3. The third-order valence-electron chi connectivity index (χ3n) is 3.25. The van der Waals surface area contributed by atoms with Crippen molar-refractivity contribution in [2.24, 2.45) is 0 Å². The van der Waals surface area contributed by atoms with Crippen molar-refractivity contribution < 1.29 is 13.5 Å². The van der Waals surface area contributed by atoms with E-state index in [1.54, 1.807) is 48.5 Å². The fourth-order valence-corrected chi connectivity index (χ4v) is 4.57. The minimum absolute atomic E-state index is 0.162. The highest BCUT2D eigenvalue weighted by Gasteiger charge is 2.31.